The van der Waals surface area contributed by atoms with E-state index in [0.29, 0.717) is 19.4 Å². The van der Waals surface area contributed by atoms with Crippen LogP contribution in [0.1, 0.15) is 19.8 Å². The molecular formula is C8H16O4. The lowest BCUT2D eigenvalue weighted by atomic mass is 9.98. The van der Waals surface area contributed by atoms with E-state index >= 15 is 0 Å². The third kappa shape index (κ3) is 2.42. The molecule has 72 valence electrons. The molecule has 4 heteroatoms. The Morgan fingerprint density at radius 2 is 2.17 bits per heavy atom. The highest BCUT2D eigenvalue weighted by Gasteiger charge is 2.31. The molecule has 0 aromatic rings. The summed E-state index contributed by atoms with van der Waals surface area (Å²) in [5.74, 6) is 0. The van der Waals surface area contributed by atoms with Gasteiger partial charge >= 0.3 is 0 Å². The second-order valence-electron chi connectivity index (χ2n) is 3.34. The zero-order chi connectivity index (χ0) is 9.14. The van der Waals surface area contributed by atoms with Gasteiger partial charge in [-0.25, -0.2) is 0 Å². The van der Waals surface area contributed by atoms with Crippen LogP contribution in [0.3, 0.4) is 0 Å². The molecule has 4 unspecified atom stereocenters. The van der Waals surface area contributed by atoms with E-state index in [0.717, 1.165) is 0 Å². The first-order valence-electron chi connectivity index (χ1n) is 4.27. The van der Waals surface area contributed by atoms with Crippen LogP contribution in [0.15, 0.2) is 0 Å². The monoisotopic (exact) mass is 176 g/mol. The van der Waals surface area contributed by atoms with Crippen LogP contribution in [0.25, 0.3) is 0 Å². The summed E-state index contributed by atoms with van der Waals surface area (Å²) in [5.41, 5.74) is 0. The van der Waals surface area contributed by atoms with E-state index in [1.165, 1.54) is 0 Å². The molecule has 1 aliphatic rings. The molecular weight excluding hydrogens is 160 g/mol. The van der Waals surface area contributed by atoms with Gasteiger partial charge < -0.3 is 20.1 Å². The van der Waals surface area contributed by atoms with Gasteiger partial charge in [0.15, 0.2) is 0 Å². The fraction of sp³-hybridized carbons (Fsp3) is 1.00. The van der Waals surface area contributed by atoms with Crippen molar-refractivity contribution in [1.82, 2.24) is 0 Å². The minimum Gasteiger partial charge on any atom is -0.393 e. The van der Waals surface area contributed by atoms with Gasteiger partial charge in [0.25, 0.3) is 0 Å². The Kier molecular flexibility index (Phi) is 3.46. The van der Waals surface area contributed by atoms with E-state index in [1.54, 1.807) is 6.92 Å². The van der Waals surface area contributed by atoms with Gasteiger partial charge in [0.2, 0.25) is 0 Å². The summed E-state index contributed by atoms with van der Waals surface area (Å²) >= 11 is 0. The highest BCUT2D eigenvalue weighted by molar-refractivity contribution is 4.81. The van der Waals surface area contributed by atoms with Gasteiger partial charge in [-0.3, -0.25) is 0 Å². The normalized spacial score (nSPS) is 39.5. The Balaban J connectivity index is 2.41. The maximum absolute atomic E-state index is 9.40. The fourth-order valence-corrected chi connectivity index (χ4v) is 1.40. The first kappa shape index (κ1) is 9.92. The van der Waals surface area contributed by atoms with Gasteiger partial charge in [-0.05, 0) is 13.3 Å². The van der Waals surface area contributed by atoms with Crippen molar-refractivity contribution >= 4 is 0 Å². The van der Waals surface area contributed by atoms with Gasteiger partial charge in [0, 0.05) is 13.0 Å². The van der Waals surface area contributed by atoms with E-state index < -0.39 is 24.4 Å². The first-order chi connectivity index (χ1) is 5.61. The van der Waals surface area contributed by atoms with Gasteiger partial charge in [-0.2, -0.15) is 0 Å². The summed E-state index contributed by atoms with van der Waals surface area (Å²) < 4.78 is 5.20. The van der Waals surface area contributed by atoms with E-state index in [-0.39, 0.29) is 0 Å². The average Bonchev–Trinajstić information content (AvgIpc) is 1.98. The fourth-order valence-electron chi connectivity index (χ4n) is 1.40. The smallest absolute Gasteiger partial charge is 0.106 e. The van der Waals surface area contributed by atoms with E-state index in [2.05, 4.69) is 0 Å². The number of aliphatic hydroxyl groups is 3. The van der Waals surface area contributed by atoms with Crippen LogP contribution in [0, 0.1) is 0 Å². The van der Waals surface area contributed by atoms with Gasteiger partial charge in [-0.1, -0.05) is 0 Å². The van der Waals surface area contributed by atoms with Crippen LogP contribution in [-0.2, 0) is 4.74 Å². The number of hydrogen-bond acceptors (Lipinski definition) is 4. The van der Waals surface area contributed by atoms with Crippen molar-refractivity contribution in [2.24, 2.45) is 0 Å². The van der Waals surface area contributed by atoms with Crippen molar-refractivity contribution in [3.05, 3.63) is 0 Å². The minimum absolute atomic E-state index is 0.373. The van der Waals surface area contributed by atoms with Crippen molar-refractivity contribution < 1.29 is 20.1 Å². The van der Waals surface area contributed by atoms with Crippen molar-refractivity contribution in [2.75, 3.05) is 6.61 Å². The zero-order valence-electron chi connectivity index (χ0n) is 7.18. The molecule has 1 heterocycles. The molecule has 1 saturated heterocycles. The summed E-state index contributed by atoms with van der Waals surface area (Å²) in [6.45, 7) is 2.09. The molecule has 0 spiro atoms. The molecule has 1 rings (SSSR count). The van der Waals surface area contributed by atoms with E-state index in [4.69, 9.17) is 9.84 Å². The van der Waals surface area contributed by atoms with Crippen LogP contribution in [0.5, 0.6) is 0 Å². The third-order valence-electron chi connectivity index (χ3n) is 2.09. The van der Waals surface area contributed by atoms with Crippen LogP contribution in [0.2, 0.25) is 0 Å². The van der Waals surface area contributed by atoms with E-state index in [1.807, 2.05) is 0 Å². The molecule has 0 saturated carbocycles. The summed E-state index contributed by atoms with van der Waals surface area (Å²) in [6, 6.07) is 0. The van der Waals surface area contributed by atoms with Crippen molar-refractivity contribution in [3.63, 3.8) is 0 Å². The molecule has 0 radical (unpaired) electrons. The Morgan fingerprint density at radius 3 is 2.75 bits per heavy atom. The Morgan fingerprint density at radius 1 is 1.50 bits per heavy atom. The minimum atomic E-state index is -0.853. The molecule has 3 N–H and O–H groups in total. The molecule has 4 nitrogen and oxygen atoms in total. The maximum atomic E-state index is 9.40. The largest absolute Gasteiger partial charge is 0.393 e. The molecule has 0 aromatic carbocycles. The molecule has 1 fully saturated rings. The lowest BCUT2D eigenvalue weighted by Gasteiger charge is -2.32. The quantitative estimate of drug-likeness (QED) is 0.518. The molecule has 0 aliphatic carbocycles. The molecule has 0 bridgehead atoms. The predicted molar refractivity (Wildman–Crippen MR) is 42.7 cm³/mol. The second-order valence-corrected chi connectivity index (χ2v) is 3.34. The summed E-state index contributed by atoms with van der Waals surface area (Å²) in [5, 5.41) is 27.7. The topological polar surface area (TPSA) is 69.9 Å². The average molecular weight is 176 g/mol. The lowest BCUT2D eigenvalue weighted by Crippen LogP contribution is -2.45. The van der Waals surface area contributed by atoms with Crippen LogP contribution < -0.4 is 0 Å². The summed E-state index contributed by atoms with van der Waals surface area (Å²) in [7, 11) is 0. The Bertz CT molecular complexity index is 137. The molecule has 4 atom stereocenters. The van der Waals surface area contributed by atoms with Crippen molar-refractivity contribution in [1.29, 1.82) is 0 Å². The van der Waals surface area contributed by atoms with Crippen molar-refractivity contribution in [2.45, 2.75) is 44.2 Å². The standard InChI is InChI=1S/C8H16O4/c1-5(9)4-7-8(11)6(10)2-3-12-7/h5-11H,2-4H2,1H3. The molecule has 0 aromatic heterocycles. The molecule has 1 aliphatic heterocycles. The predicted octanol–water partition coefficient (Wildman–Crippen LogP) is -0.732. The van der Waals surface area contributed by atoms with Crippen molar-refractivity contribution in [3.8, 4) is 0 Å². The number of rotatable bonds is 2. The van der Waals surface area contributed by atoms with Crippen LogP contribution in [-0.4, -0.2) is 46.3 Å². The van der Waals surface area contributed by atoms with Gasteiger partial charge in [0.1, 0.15) is 6.10 Å². The Labute approximate surface area is 71.8 Å². The highest BCUT2D eigenvalue weighted by Crippen LogP contribution is 2.18. The SMILES string of the molecule is CC(O)CC1OCCC(O)C1O. The number of hydrogen-bond donors (Lipinski definition) is 3. The van der Waals surface area contributed by atoms with Gasteiger partial charge in [-0.15, -0.1) is 0 Å². The van der Waals surface area contributed by atoms with Gasteiger partial charge in [0.05, 0.1) is 18.3 Å². The zero-order valence-corrected chi connectivity index (χ0v) is 7.18. The first-order valence-corrected chi connectivity index (χ1v) is 4.27. The van der Waals surface area contributed by atoms with E-state index in [9.17, 15) is 10.2 Å². The van der Waals surface area contributed by atoms with Crippen LogP contribution >= 0.6 is 0 Å². The number of aliphatic hydroxyl groups excluding tert-OH is 3. The van der Waals surface area contributed by atoms with Crippen LogP contribution in [0.4, 0.5) is 0 Å². The lowest BCUT2D eigenvalue weighted by molar-refractivity contribution is -0.143. The summed E-state index contributed by atoms with van der Waals surface area (Å²) in [6.07, 6.45) is -1.64. The third-order valence-corrected chi connectivity index (χ3v) is 2.09. The summed E-state index contributed by atoms with van der Waals surface area (Å²) in [4.78, 5) is 0. The maximum Gasteiger partial charge on any atom is 0.106 e. The molecule has 12 heavy (non-hydrogen) atoms. The Hall–Kier alpha value is -0.160. The second kappa shape index (κ2) is 4.18. The number of ether oxygens (including phenoxy) is 1. The highest BCUT2D eigenvalue weighted by atomic mass is 16.5. The molecule has 0 amide bonds.